The van der Waals surface area contributed by atoms with Gasteiger partial charge in [-0.05, 0) is 19.1 Å². The summed E-state index contributed by atoms with van der Waals surface area (Å²) in [5, 5.41) is 5.40. The summed E-state index contributed by atoms with van der Waals surface area (Å²) in [6, 6.07) is 5.76. The lowest BCUT2D eigenvalue weighted by atomic mass is 10.2. The number of oxazole rings is 1. The average molecular weight is 347 g/mol. The third-order valence-corrected chi connectivity index (χ3v) is 4.48. The molecule has 4 aromatic rings. The van der Waals surface area contributed by atoms with Gasteiger partial charge >= 0.3 is 0 Å². The number of nitrogens with one attached hydrogen (secondary N) is 2. The molecule has 26 heavy (non-hydrogen) atoms. The SMILES string of the molecule is CCN1C=C(c2cnc3c(Nc4ccc5ncoc5c4)nccn23)CN1. The standard InChI is InChI=1S/C18H17N7O/c1-2-24-10-12(8-22-24)15-9-20-18-17(19-5-6-25(15)18)23-13-3-4-14-16(7-13)26-11-21-14/h3-7,9-11,22H,2,8H2,1H3,(H,19,23). The Balaban J connectivity index is 1.52. The van der Waals surface area contributed by atoms with Gasteiger partial charge in [-0.2, -0.15) is 0 Å². The van der Waals surface area contributed by atoms with Crippen LogP contribution in [0.5, 0.6) is 0 Å². The first-order valence-electron chi connectivity index (χ1n) is 8.45. The number of hydrazine groups is 1. The van der Waals surface area contributed by atoms with E-state index < -0.39 is 0 Å². The topological polar surface area (TPSA) is 83.5 Å². The van der Waals surface area contributed by atoms with Gasteiger partial charge in [0, 0.05) is 49.0 Å². The highest BCUT2D eigenvalue weighted by atomic mass is 16.3. The molecule has 1 aromatic carbocycles. The molecule has 0 radical (unpaired) electrons. The zero-order valence-corrected chi connectivity index (χ0v) is 14.2. The summed E-state index contributed by atoms with van der Waals surface area (Å²) in [4.78, 5) is 13.2. The number of imidazole rings is 1. The minimum absolute atomic E-state index is 0.691. The van der Waals surface area contributed by atoms with Gasteiger partial charge in [-0.15, -0.1) is 0 Å². The molecule has 3 aromatic heterocycles. The van der Waals surface area contributed by atoms with Gasteiger partial charge in [0.05, 0.1) is 11.9 Å². The van der Waals surface area contributed by atoms with E-state index in [9.17, 15) is 0 Å². The van der Waals surface area contributed by atoms with E-state index in [1.165, 1.54) is 12.0 Å². The van der Waals surface area contributed by atoms with Crippen LogP contribution in [0.4, 0.5) is 11.5 Å². The molecular formula is C18H17N7O. The minimum atomic E-state index is 0.691. The predicted octanol–water partition coefficient (Wildman–Crippen LogP) is 2.80. The fraction of sp³-hybridized carbons (Fsp3) is 0.167. The maximum atomic E-state index is 5.36. The summed E-state index contributed by atoms with van der Waals surface area (Å²) in [7, 11) is 0. The Morgan fingerprint density at radius 2 is 2.23 bits per heavy atom. The maximum Gasteiger partial charge on any atom is 0.181 e. The molecule has 0 fully saturated rings. The Bertz CT molecular complexity index is 1130. The van der Waals surface area contributed by atoms with Crippen LogP contribution in [0.3, 0.4) is 0 Å². The highest BCUT2D eigenvalue weighted by molar-refractivity contribution is 5.80. The van der Waals surface area contributed by atoms with E-state index in [0.717, 1.165) is 41.2 Å². The zero-order valence-electron chi connectivity index (χ0n) is 14.2. The van der Waals surface area contributed by atoms with E-state index in [1.54, 1.807) is 6.20 Å². The van der Waals surface area contributed by atoms with Gasteiger partial charge in [0.15, 0.2) is 23.4 Å². The van der Waals surface area contributed by atoms with E-state index in [-0.39, 0.29) is 0 Å². The summed E-state index contributed by atoms with van der Waals surface area (Å²) in [6.45, 7) is 3.81. The molecule has 0 aliphatic carbocycles. The van der Waals surface area contributed by atoms with Crippen molar-refractivity contribution < 1.29 is 4.42 Å². The van der Waals surface area contributed by atoms with Gasteiger partial charge in [0.1, 0.15) is 5.52 Å². The van der Waals surface area contributed by atoms with Crippen LogP contribution in [0, 0.1) is 0 Å². The number of hydrogen-bond donors (Lipinski definition) is 2. The molecule has 0 bridgehead atoms. The lowest BCUT2D eigenvalue weighted by molar-refractivity contribution is 0.323. The molecule has 8 heteroatoms. The number of fused-ring (bicyclic) bond motifs is 2. The molecule has 4 heterocycles. The fourth-order valence-electron chi connectivity index (χ4n) is 3.14. The lowest BCUT2D eigenvalue weighted by Crippen LogP contribution is -2.28. The molecule has 130 valence electrons. The second-order valence-corrected chi connectivity index (χ2v) is 6.05. The smallest absolute Gasteiger partial charge is 0.181 e. The first-order chi connectivity index (χ1) is 12.8. The predicted molar refractivity (Wildman–Crippen MR) is 98.6 cm³/mol. The number of rotatable bonds is 4. The molecular weight excluding hydrogens is 330 g/mol. The van der Waals surface area contributed by atoms with Crippen LogP contribution in [-0.2, 0) is 0 Å². The summed E-state index contributed by atoms with van der Waals surface area (Å²) >= 11 is 0. The van der Waals surface area contributed by atoms with Crippen LogP contribution in [0.2, 0.25) is 0 Å². The number of anilines is 2. The Hall–Kier alpha value is -3.39. The Kier molecular flexibility index (Phi) is 3.36. The molecule has 8 nitrogen and oxygen atoms in total. The largest absolute Gasteiger partial charge is 0.443 e. The quantitative estimate of drug-likeness (QED) is 0.587. The van der Waals surface area contributed by atoms with Crippen molar-refractivity contribution in [1.82, 2.24) is 29.8 Å². The number of aromatic nitrogens is 4. The lowest BCUT2D eigenvalue weighted by Gasteiger charge is -2.10. The second kappa shape index (κ2) is 5.85. The third-order valence-electron chi connectivity index (χ3n) is 4.48. The van der Waals surface area contributed by atoms with Crippen molar-refractivity contribution in [3.05, 3.63) is 55.1 Å². The molecule has 0 saturated heterocycles. The highest BCUT2D eigenvalue weighted by Gasteiger charge is 2.17. The van der Waals surface area contributed by atoms with Crippen LogP contribution in [0.15, 0.2) is 53.8 Å². The van der Waals surface area contributed by atoms with E-state index >= 15 is 0 Å². The van der Waals surface area contributed by atoms with Gasteiger partial charge in [-0.25, -0.2) is 20.4 Å². The molecule has 0 saturated carbocycles. The highest BCUT2D eigenvalue weighted by Crippen LogP contribution is 2.25. The average Bonchev–Trinajstić information content (AvgIpc) is 3.40. The van der Waals surface area contributed by atoms with Crippen LogP contribution in [0.1, 0.15) is 12.6 Å². The molecule has 0 atom stereocenters. The minimum Gasteiger partial charge on any atom is -0.443 e. The van der Waals surface area contributed by atoms with Crippen molar-refractivity contribution in [1.29, 1.82) is 0 Å². The van der Waals surface area contributed by atoms with Crippen molar-refractivity contribution in [2.75, 3.05) is 18.4 Å². The molecule has 0 spiro atoms. The van der Waals surface area contributed by atoms with Crippen LogP contribution < -0.4 is 10.7 Å². The van der Waals surface area contributed by atoms with Gasteiger partial charge in [-0.1, -0.05) is 0 Å². The Morgan fingerprint density at radius 1 is 1.27 bits per heavy atom. The zero-order chi connectivity index (χ0) is 17.5. The van der Waals surface area contributed by atoms with Gasteiger partial charge in [0.2, 0.25) is 0 Å². The fourth-order valence-corrected chi connectivity index (χ4v) is 3.14. The maximum absolute atomic E-state index is 5.36. The van der Waals surface area contributed by atoms with Crippen LogP contribution in [-0.4, -0.2) is 37.5 Å². The first kappa shape index (κ1) is 14.9. The van der Waals surface area contributed by atoms with Crippen molar-refractivity contribution in [2.24, 2.45) is 0 Å². The van der Waals surface area contributed by atoms with E-state index in [2.05, 4.69) is 48.2 Å². The van der Waals surface area contributed by atoms with Crippen molar-refractivity contribution >= 4 is 33.8 Å². The number of hydrogen-bond acceptors (Lipinski definition) is 7. The van der Waals surface area contributed by atoms with E-state index in [0.29, 0.717) is 5.82 Å². The van der Waals surface area contributed by atoms with Crippen molar-refractivity contribution in [3.8, 4) is 0 Å². The first-order valence-corrected chi connectivity index (χ1v) is 8.45. The van der Waals surface area contributed by atoms with Gasteiger partial charge in [0.25, 0.3) is 0 Å². The van der Waals surface area contributed by atoms with Crippen molar-refractivity contribution in [3.63, 3.8) is 0 Å². The summed E-state index contributed by atoms with van der Waals surface area (Å²) < 4.78 is 7.42. The van der Waals surface area contributed by atoms with E-state index in [1.807, 2.05) is 30.6 Å². The monoisotopic (exact) mass is 347 g/mol. The second-order valence-electron chi connectivity index (χ2n) is 6.05. The molecule has 5 rings (SSSR count). The molecule has 2 N–H and O–H groups in total. The number of nitrogens with zero attached hydrogens (tertiary/aromatic N) is 5. The molecule has 1 aliphatic rings. The van der Waals surface area contributed by atoms with Gasteiger partial charge < -0.3 is 14.7 Å². The Morgan fingerprint density at radius 3 is 3.12 bits per heavy atom. The normalized spacial score (nSPS) is 14.3. The molecule has 0 amide bonds. The number of benzene rings is 1. The van der Waals surface area contributed by atoms with E-state index in [4.69, 9.17) is 4.42 Å². The van der Waals surface area contributed by atoms with Crippen LogP contribution >= 0.6 is 0 Å². The Labute approximate surface area is 149 Å². The van der Waals surface area contributed by atoms with Gasteiger partial charge in [-0.3, -0.25) is 4.40 Å². The summed E-state index contributed by atoms with van der Waals surface area (Å²) in [5.74, 6) is 0.691. The summed E-state index contributed by atoms with van der Waals surface area (Å²) in [5.41, 5.74) is 8.78. The summed E-state index contributed by atoms with van der Waals surface area (Å²) in [6.07, 6.45) is 9.15. The molecule has 0 unspecified atom stereocenters. The van der Waals surface area contributed by atoms with Crippen LogP contribution in [0.25, 0.3) is 22.3 Å². The third kappa shape index (κ3) is 2.39. The molecule has 1 aliphatic heterocycles. The van der Waals surface area contributed by atoms with Crippen molar-refractivity contribution in [2.45, 2.75) is 6.92 Å².